The van der Waals surface area contributed by atoms with E-state index in [4.69, 9.17) is 0 Å². The van der Waals surface area contributed by atoms with E-state index >= 15 is 0 Å². The van der Waals surface area contributed by atoms with Crippen LogP contribution in [-0.4, -0.2) is 13.6 Å². The second-order valence-corrected chi connectivity index (χ2v) is 2.41. The summed E-state index contributed by atoms with van der Waals surface area (Å²) in [5.41, 5.74) is 1.99. The molecule has 2 heteroatoms. The molecule has 0 fully saturated rings. The fourth-order valence-corrected chi connectivity index (χ4v) is 0.884. The van der Waals surface area contributed by atoms with Crippen molar-refractivity contribution in [3.8, 4) is 0 Å². The fourth-order valence-electron chi connectivity index (χ4n) is 0.884. The Morgan fingerprint density at radius 3 is 2.25 bits per heavy atom. The predicted molar refractivity (Wildman–Crippen MR) is 56.9 cm³/mol. The standard InChI is InChI=1S/C10H18N2.H2/c1-5-8-12-10(7-3)9(6-2)11-4;/h6-7,11-12H,2-3,5,8H2,1,4H3;1H/b10-9-;. The first-order valence-electron chi connectivity index (χ1n) is 4.20. The maximum absolute atomic E-state index is 3.72. The van der Waals surface area contributed by atoms with E-state index in [9.17, 15) is 0 Å². The average molecular weight is 168 g/mol. The van der Waals surface area contributed by atoms with E-state index in [0.29, 0.717) is 0 Å². The van der Waals surface area contributed by atoms with Gasteiger partial charge in [-0.2, -0.15) is 0 Å². The van der Waals surface area contributed by atoms with Gasteiger partial charge in [-0.05, 0) is 18.6 Å². The van der Waals surface area contributed by atoms with Crippen LogP contribution in [0, 0.1) is 0 Å². The molecule has 0 aliphatic carbocycles. The first kappa shape index (κ1) is 10.8. The van der Waals surface area contributed by atoms with E-state index in [2.05, 4.69) is 30.7 Å². The Morgan fingerprint density at radius 1 is 1.33 bits per heavy atom. The minimum absolute atomic E-state index is 0. The van der Waals surface area contributed by atoms with Crippen molar-refractivity contribution in [1.29, 1.82) is 0 Å². The van der Waals surface area contributed by atoms with E-state index in [1.807, 2.05) is 7.05 Å². The zero-order chi connectivity index (χ0) is 9.40. The predicted octanol–water partition coefficient (Wildman–Crippen LogP) is 2.03. The van der Waals surface area contributed by atoms with E-state index in [1.54, 1.807) is 12.2 Å². The number of hydrogen-bond donors (Lipinski definition) is 2. The fraction of sp³-hybridized carbons (Fsp3) is 0.400. The third kappa shape index (κ3) is 3.28. The van der Waals surface area contributed by atoms with Crippen molar-refractivity contribution in [3.63, 3.8) is 0 Å². The number of rotatable bonds is 6. The van der Waals surface area contributed by atoms with Crippen molar-refractivity contribution in [3.05, 3.63) is 36.7 Å². The van der Waals surface area contributed by atoms with Gasteiger partial charge >= 0.3 is 0 Å². The number of nitrogens with one attached hydrogen (secondary N) is 2. The maximum atomic E-state index is 3.72. The summed E-state index contributed by atoms with van der Waals surface area (Å²) in [6.07, 6.45) is 4.67. The molecule has 0 aromatic heterocycles. The lowest BCUT2D eigenvalue weighted by molar-refractivity contribution is 0.769. The Kier molecular flexibility index (Phi) is 5.88. The van der Waals surface area contributed by atoms with Gasteiger partial charge < -0.3 is 10.6 Å². The summed E-state index contributed by atoms with van der Waals surface area (Å²) in [5.74, 6) is 0. The van der Waals surface area contributed by atoms with Crippen LogP contribution in [0.1, 0.15) is 14.8 Å². The lowest BCUT2D eigenvalue weighted by atomic mass is 10.3. The molecule has 0 amide bonds. The van der Waals surface area contributed by atoms with Crippen molar-refractivity contribution in [1.82, 2.24) is 10.6 Å². The van der Waals surface area contributed by atoms with Gasteiger partial charge in [-0.1, -0.05) is 20.1 Å². The molecule has 0 bridgehead atoms. The Balaban J connectivity index is 0. The second kappa shape index (κ2) is 6.53. The van der Waals surface area contributed by atoms with Gasteiger partial charge in [-0.25, -0.2) is 0 Å². The lowest BCUT2D eigenvalue weighted by Crippen LogP contribution is -2.18. The van der Waals surface area contributed by atoms with Crippen molar-refractivity contribution < 1.29 is 1.43 Å². The minimum atomic E-state index is 0. The zero-order valence-corrected chi connectivity index (χ0v) is 7.98. The highest BCUT2D eigenvalue weighted by Crippen LogP contribution is 1.99. The molecule has 0 radical (unpaired) electrons. The van der Waals surface area contributed by atoms with Gasteiger partial charge in [0.1, 0.15) is 0 Å². The Bertz CT molecular complexity index is 185. The van der Waals surface area contributed by atoms with E-state index in [1.165, 1.54) is 0 Å². The highest BCUT2D eigenvalue weighted by molar-refractivity contribution is 5.28. The molecule has 70 valence electrons. The van der Waals surface area contributed by atoms with Crippen LogP contribution < -0.4 is 10.6 Å². The molecule has 0 saturated heterocycles. The Morgan fingerprint density at radius 2 is 1.92 bits per heavy atom. The molecule has 2 nitrogen and oxygen atoms in total. The lowest BCUT2D eigenvalue weighted by Gasteiger charge is -2.10. The summed E-state index contributed by atoms with van der Waals surface area (Å²) >= 11 is 0. The minimum Gasteiger partial charge on any atom is -0.386 e. The van der Waals surface area contributed by atoms with Crippen LogP contribution in [-0.2, 0) is 0 Å². The van der Waals surface area contributed by atoms with Crippen molar-refractivity contribution in [2.45, 2.75) is 13.3 Å². The summed E-state index contributed by atoms with van der Waals surface area (Å²) in [7, 11) is 1.87. The molecule has 0 aliphatic heterocycles. The normalized spacial score (nSPS) is 11.5. The molecular weight excluding hydrogens is 148 g/mol. The molecule has 0 aliphatic rings. The van der Waals surface area contributed by atoms with Crippen LogP contribution in [0.25, 0.3) is 0 Å². The molecule has 12 heavy (non-hydrogen) atoms. The topological polar surface area (TPSA) is 24.1 Å². The third-order valence-corrected chi connectivity index (χ3v) is 1.53. The Hall–Kier alpha value is -1.18. The maximum Gasteiger partial charge on any atom is 0.0569 e. The van der Waals surface area contributed by atoms with Crippen molar-refractivity contribution >= 4 is 0 Å². The van der Waals surface area contributed by atoms with Crippen LogP contribution in [0.4, 0.5) is 0 Å². The molecule has 2 N–H and O–H groups in total. The zero-order valence-electron chi connectivity index (χ0n) is 7.98. The average Bonchev–Trinajstić information content (AvgIpc) is 2.12. The van der Waals surface area contributed by atoms with Gasteiger partial charge in [0, 0.05) is 15.0 Å². The first-order chi connectivity index (χ1) is 5.79. The van der Waals surface area contributed by atoms with Gasteiger partial charge in [0.15, 0.2) is 0 Å². The molecule has 0 aromatic rings. The second-order valence-electron chi connectivity index (χ2n) is 2.41. The molecule has 0 unspecified atom stereocenters. The number of allylic oxidation sites excluding steroid dienone is 2. The van der Waals surface area contributed by atoms with E-state index in [-0.39, 0.29) is 1.43 Å². The molecule has 0 rings (SSSR count). The SMILES string of the molecule is C=C/C(NC)=C(\C=C)NCCC.[HH]. The van der Waals surface area contributed by atoms with Gasteiger partial charge in [-0.3, -0.25) is 0 Å². The third-order valence-electron chi connectivity index (χ3n) is 1.53. The van der Waals surface area contributed by atoms with Crippen LogP contribution in [0.3, 0.4) is 0 Å². The van der Waals surface area contributed by atoms with Crippen LogP contribution in [0.2, 0.25) is 0 Å². The summed E-state index contributed by atoms with van der Waals surface area (Å²) in [5, 5.41) is 6.29. The summed E-state index contributed by atoms with van der Waals surface area (Å²) in [4.78, 5) is 0. The van der Waals surface area contributed by atoms with E-state index in [0.717, 1.165) is 24.4 Å². The van der Waals surface area contributed by atoms with Gasteiger partial charge in [0.05, 0.1) is 11.4 Å². The number of likely N-dealkylation sites (N-methyl/N-ethyl adjacent to an activating group) is 1. The molecule has 0 heterocycles. The van der Waals surface area contributed by atoms with Crippen LogP contribution in [0.5, 0.6) is 0 Å². The largest absolute Gasteiger partial charge is 0.386 e. The molecular formula is C10H20N2. The van der Waals surface area contributed by atoms with E-state index < -0.39 is 0 Å². The molecule has 0 spiro atoms. The summed E-state index contributed by atoms with van der Waals surface area (Å²) in [6, 6.07) is 0. The number of hydrogen-bond acceptors (Lipinski definition) is 2. The molecule has 0 atom stereocenters. The summed E-state index contributed by atoms with van der Waals surface area (Å²) in [6.45, 7) is 10.5. The molecule has 0 aromatic carbocycles. The smallest absolute Gasteiger partial charge is 0.0569 e. The first-order valence-corrected chi connectivity index (χ1v) is 4.20. The van der Waals surface area contributed by atoms with Crippen molar-refractivity contribution in [2.24, 2.45) is 0 Å². The highest BCUT2D eigenvalue weighted by Gasteiger charge is 1.95. The Labute approximate surface area is 76.5 Å². The van der Waals surface area contributed by atoms with Crippen LogP contribution in [0.15, 0.2) is 36.7 Å². The van der Waals surface area contributed by atoms with Gasteiger partial charge in [0.2, 0.25) is 0 Å². The van der Waals surface area contributed by atoms with Crippen LogP contribution >= 0.6 is 0 Å². The quantitative estimate of drug-likeness (QED) is 0.593. The monoisotopic (exact) mass is 168 g/mol. The summed E-state index contributed by atoms with van der Waals surface area (Å²) < 4.78 is 0. The van der Waals surface area contributed by atoms with Gasteiger partial charge in [0.25, 0.3) is 0 Å². The highest BCUT2D eigenvalue weighted by atomic mass is 14.9. The van der Waals surface area contributed by atoms with Crippen molar-refractivity contribution in [2.75, 3.05) is 13.6 Å². The van der Waals surface area contributed by atoms with Gasteiger partial charge in [-0.15, -0.1) is 0 Å². The molecule has 0 saturated carbocycles.